The Balaban J connectivity index is 1.82. The summed E-state index contributed by atoms with van der Waals surface area (Å²) in [6.45, 7) is 10.3. The number of nitrogens with one attached hydrogen (secondary N) is 2. The zero-order chi connectivity index (χ0) is 23.5. The molecule has 0 fully saturated rings. The van der Waals surface area contributed by atoms with Crippen molar-refractivity contribution in [3.63, 3.8) is 0 Å². The molecule has 0 unspecified atom stereocenters. The number of H-pyrrole nitrogens is 1. The van der Waals surface area contributed by atoms with E-state index < -0.39 is 5.56 Å². The Labute approximate surface area is 192 Å². The van der Waals surface area contributed by atoms with Gasteiger partial charge >= 0.3 is 0 Å². The summed E-state index contributed by atoms with van der Waals surface area (Å²) in [6.07, 6.45) is 0. The highest BCUT2D eigenvalue weighted by Gasteiger charge is 2.17. The van der Waals surface area contributed by atoms with Gasteiger partial charge in [-0.15, -0.1) is 0 Å². The molecule has 0 aliphatic carbocycles. The smallest absolute Gasteiger partial charge is 0.270 e. The van der Waals surface area contributed by atoms with Gasteiger partial charge in [0.05, 0.1) is 11.4 Å². The number of aryl methyl sites for hydroxylation is 1. The van der Waals surface area contributed by atoms with Crippen molar-refractivity contribution in [2.45, 2.75) is 45.2 Å². The molecule has 6 nitrogen and oxygen atoms in total. The monoisotopic (exact) mass is 446 g/mol. The zero-order valence-electron chi connectivity index (χ0n) is 18.9. The largest absolute Gasteiger partial charge is 0.325 e. The molecule has 2 aromatic carbocycles. The van der Waals surface area contributed by atoms with Crippen molar-refractivity contribution in [3.05, 3.63) is 75.1 Å². The van der Waals surface area contributed by atoms with Crippen molar-refractivity contribution < 1.29 is 4.79 Å². The minimum Gasteiger partial charge on any atom is -0.325 e. The lowest BCUT2D eigenvalue weighted by Crippen LogP contribution is -2.18. The molecule has 1 aromatic heterocycles. The quantitative estimate of drug-likeness (QED) is 0.427. The Morgan fingerprint density at radius 1 is 1.16 bits per heavy atom. The Hall–Kier alpha value is -3.37. The first kappa shape index (κ1) is 23.3. The molecule has 3 aromatic rings. The van der Waals surface area contributed by atoms with Crippen LogP contribution in [0.1, 0.15) is 43.0 Å². The van der Waals surface area contributed by atoms with E-state index in [1.54, 1.807) is 0 Å². The van der Waals surface area contributed by atoms with E-state index in [9.17, 15) is 14.9 Å². The van der Waals surface area contributed by atoms with E-state index in [-0.39, 0.29) is 22.6 Å². The van der Waals surface area contributed by atoms with E-state index in [0.717, 1.165) is 34.1 Å². The summed E-state index contributed by atoms with van der Waals surface area (Å²) in [5, 5.41) is 12.7. The lowest BCUT2D eigenvalue weighted by molar-refractivity contribution is -0.113. The molecule has 1 heterocycles. The summed E-state index contributed by atoms with van der Waals surface area (Å²) < 4.78 is 0. The van der Waals surface area contributed by atoms with Crippen molar-refractivity contribution in [3.8, 4) is 17.3 Å². The molecule has 1 amide bonds. The molecule has 2 N–H and O–H groups in total. The average molecular weight is 447 g/mol. The fraction of sp³-hybridized carbons (Fsp3) is 0.280. The molecule has 0 radical (unpaired) electrons. The van der Waals surface area contributed by atoms with Crippen LogP contribution in [-0.4, -0.2) is 21.6 Å². The third kappa shape index (κ3) is 5.27. The standard InChI is InChI=1S/C25H26N4O2S/c1-15-7-6-8-20(16(15)2)27-21(30)14-32-24-28-22(19(13-26)23(31)29-24)17-9-11-18(12-10-17)25(3,4)5/h6-12H,14H2,1-5H3,(H,27,30)(H,28,29,31). The van der Waals surface area contributed by atoms with Crippen LogP contribution in [0.5, 0.6) is 0 Å². The van der Waals surface area contributed by atoms with Crippen molar-refractivity contribution in [1.82, 2.24) is 9.97 Å². The number of hydrogen-bond donors (Lipinski definition) is 2. The second kappa shape index (κ2) is 9.41. The van der Waals surface area contributed by atoms with Crippen molar-refractivity contribution >= 4 is 23.4 Å². The van der Waals surface area contributed by atoms with Gasteiger partial charge in [0, 0.05) is 11.3 Å². The Morgan fingerprint density at radius 2 is 1.84 bits per heavy atom. The van der Waals surface area contributed by atoms with Gasteiger partial charge < -0.3 is 10.3 Å². The van der Waals surface area contributed by atoms with E-state index >= 15 is 0 Å². The number of hydrogen-bond acceptors (Lipinski definition) is 5. The van der Waals surface area contributed by atoms with Crippen LogP contribution < -0.4 is 10.9 Å². The van der Waals surface area contributed by atoms with E-state index in [0.29, 0.717) is 16.4 Å². The molecule has 32 heavy (non-hydrogen) atoms. The average Bonchev–Trinajstić information content (AvgIpc) is 2.74. The molecule has 0 spiro atoms. The predicted octanol–water partition coefficient (Wildman–Crippen LogP) is 4.95. The fourth-order valence-electron chi connectivity index (χ4n) is 3.17. The molecule has 0 aliphatic rings. The predicted molar refractivity (Wildman–Crippen MR) is 129 cm³/mol. The maximum Gasteiger partial charge on any atom is 0.270 e. The van der Waals surface area contributed by atoms with Crippen LogP contribution in [0.4, 0.5) is 5.69 Å². The summed E-state index contributed by atoms with van der Waals surface area (Å²) >= 11 is 1.12. The first-order valence-electron chi connectivity index (χ1n) is 10.2. The van der Waals surface area contributed by atoms with Gasteiger partial charge in [-0.05, 0) is 42.0 Å². The van der Waals surface area contributed by atoms with Gasteiger partial charge in [0.25, 0.3) is 5.56 Å². The second-order valence-corrected chi connectivity index (χ2v) is 9.58. The number of carbonyl (C=O) groups excluding carboxylic acids is 1. The molecule has 164 valence electrons. The Morgan fingerprint density at radius 3 is 2.47 bits per heavy atom. The van der Waals surface area contributed by atoms with Crippen molar-refractivity contribution in [2.75, 3.05) is 11.1 Å². The highest BCUT2D eigenvalue weighted by molar-refractivity contribution is 7.99. The number of aromatic amines is 1. The van der Waals surface area contributed by atoms with Crippen LogP contribution in [-0.2, 0) is 10.2 Å². The number of anilines is 1. The summed E-state index contributed by atoms with van der Waals surface area (Å²) in [5.74, 6) is -0.128. The molecule has 0 saturated heterocycles. The molecule has 0 atom stereocenters. The van der Waals surface area contributed by atoms with Gasteiger partial charge in [0.1, 0.15) is 11.6 Å². The van der Waals surface area contributed by atoms with Crippen LogP contribution in [0.15, 0.2) is 52.4 Å². The van der Waals surface area contributed by atoms with E-state index in [4.69, 9.17) is 0 Å². The van der Waals surface area contributed by atoms with Crippen LogP contribution in [0.2, 0.25) is 0 Å². The number of carbonyl (C=O) groups is 1. The van der Waals surface area contributed by atoms with Gasteiger partial charge in [-0.3, -0.25) is 9.59 Å². The Bertz CT molecular complexity index is 1250. The van der Waals surface area contributed by atoms with Gasteiger partial charge in [-0.25, -0.2) is 4.98 Å². The minimum absolute atomic E-state index is 0.0117. The van der Waals surface area contributed by atoms with Crippen LogP contribution >= 0.6 is 11.8 Å². The number of nitrogens with zero attached hydrogens (tertiary/aromatic N) is 2. The number of thioether (sulfide) groups is 1. The third-order valence-corrected chi connectivity index (χ3v) is 6.13. The molecule has 0 saturated carbocycles. The number of rotatable bonds is 5. The van der Waals surface area contributed by atoms with Gasteiger partial charge in [-0.1, -0.05) is 68.9 Å². The molecular weight excluding hydrogens is 420 g/mol. The number of nitriles is 1. The Kier molecular flexibility index (Phi) is 6.85. The lowest BCUT2D eigenvalue weighted by atomic mass is 9.86. The molecular formula is C25H26N4O2S. The first-order chi connectivity index (χ1) is 15.1. The van der Waals surface area contributed by atoms with E-state index in [2.05, 4.69) is 36.1 Å². The summed E-state index contributed by atoms with van der Waals surface area (Å²) in [5.41, 5.74) is 4.43. The topological polar surface area (TPSA) is 98.6 Å². The maximum absolute atomic E-state index is 12.5. The summed E-state index contributed by atoms with van der Waals surface area (Å²) in [4.78, 5) is 32.0. The van der Waals surface area contributed by atoms with Crippen LogP contribution in [0, 0.1) is 25.2 Å². The van der Waals surface area contributed by atoms with Crippen LogP contribution in [0.3, 0.4) is 0 Å². The fourth-order valence-corrected chi connectivity index (χ4v) is 3.83. The maximum atomic E-state index is 12.5. The number of aromatic nitrogens is 2. The first-order valence-corrected chi connectivity index (χ1v) is 11.2. The second-order valence-electron chi connectivity index (χ2n) is 8.62. The van der Waals surface area contributed by atoms with Crippen LogP contribution in [0.25, 0.3) is 11.3 Å². The number of benzene rings is 2. The molecule has 0 aliphatic heterocycles. The van der Waals surface area contributed by atoms with E-state index in [1.165, 1.54) is 0 Å². The molecule has 7 heteroatoms. The van der Waals surface area contributed by atoms with Crippen molar-refractivity contribution in [1.29, 1.82) is 5.26 Å². The van der Waals surface area contributed by atoms with E-state index in [1.807, 2.05) is 62.4 Å². The third-order valence-electron chi connectivity index (χ3n) is 5.25. The summed E-state index contributed by atoms with van der Waals surface area (Å²) in [7, 11) is 0. The lowest BCUT2D eigenvalue weighted by Gasteiger charge is -2.19. The SMILES string of the molecule is Cc1cccc(NC(=O)CSc2nc(-c3ccc(C(C)(C)C)cc3)c(C#N)c(=O)[nH]2)c1C. The normalized spacial score (nSPS) is 11.1. The molecule has 0 bridgehead atoms. The number of amides is 1. The zero-order valence-corrected chi connectivity index (χ0v) is 19.7. The van der Waals surface area contributed by atoms with Gasteiger partial charge in [0.2, 0.25) is 5.91 Å². The minimum atomic E-state index is -0.519. The highest BCUT2D eigenvalue weighted by atomic mass is 32.2. The summed E-state index contributed by atoms with van der Waals surface area (Å²) in [6, 6.07) is 15.4. The highest BCUT2D eigenvalue weighted by Crippen LogP contribution is 2.27. The van der Waals surface area contributed by atoms with Crippen molar-refractivity contribution in [2.24, 2.45) is 0 Å². The van der Waals surface area contributed by atoms with Gasteiger partial charge in [0.15, 0.2) is 5.16 Å². The van der Waals surface area contributed by atoms with Gasteiger partial charge in [-0.2, -0.15) is 5.26 Å². The molecule has 3 rings (SSSR count).